The predicted molar refractivity (Wildman–Crippen MR) is 88.0 cm³/mol. The van der Waals surface area contributed by atoms with Crippen LogP contribution in [0, 0.1) is 6.92 Å². The Hall–Kier alpha value is -1.91. The molecule has 0 amide bonds. The average Bonchev–Trinajstić information content (AvgIpc) is 3.14. The lowest BCUT2D eigenvalue weighted by molar-refractivity contribution is 0.691. The van der Waals surface area contributed by atoms with Crippen LogP contribution in [0.5, 0.6) is 0 Å². The maximum atomic E-state index is 4.42. The lowest BCUT2D eigenvalue weighted by Gasteiger charge is -2.03. The van der Waals surface area contributed by atoms with Crippen LogP contribution in [0.4, 0.5) is 0 Å². The molecule has 108 valence electrons. The Kier molecular flexibility index (Phi) is 4.48. The minimum absolute atomic E-state index is 0.955. The van der Waals surface area contributed by atoms with Gasteiger partial charge in [-0.3, -0.25) is 0 Å². The Morgan fingerprint density at radius 2 is 2.05 bits per heavy atom. The van der Waals surface area contributed by atoms with Gasteiger partial charge in [-0.05, 0) is 54.6 Å². The molecule has 21 heavy (non-hydrogen) atoms. The summed E-state index contributed by atoms with van der Waals surface area (Å²) in [4.78, 5) is 1.43. The quantitative estimate of drug-likeness (QED) is 0.705. The molecule has 0 atom stereocenters. The van der Waals surface area contributed by atoms with Gasteiger partial charge in [-0.25, -0.2) is 4.68 Å². The summed E-state index contributed by atoms with van der Waals surface area (Å²) in [5, 5.41) is 10.1. The molecule has 0 aliphatic carbocycles. The van der Waals surface area contributed by atoms with E-state index in [-0.39, 0.29) is 0 Å². The number of benzene rings is 1. The summed E-state index contributed by atoms with van der Waals surface area (Å²) in [6.07, 6.45) is 5.05. The summed E-state index contributed by atoms with van der Waals surface area (Å²) in [5.74, 6) is 0. The third kappa shape index (κ3) is 3.60. The van der Waals surface area contributed by atoms with Gasteiger partial charge in [0.2, 0.25) is 0 Å². The van der Waals surface area contributed by atoms with Crippen molar-refractivity contribution in [2.75, 3.05) is 6.54 Å². The number of hydrogen-bond donors (Lipinski definition) is 1. The second kappa shape index (κ2) is 6.70. The van der Waals surface area contributed by atoms with Crippen molar-refractivity contribution in [3.05, 3.63) is 70.2 Å². The normalized spacial score (nSPS) is 10.9. The van der Waals surface area contributed by atoms with E-state index in [1.54, 1.807) is 0 Å². The fourth-order valence-electron chi connectivity index (χ4n) is 2.23. The van der Waals surface area contributed by atoms with Crippen LogP contribution in [0.1, 0.15) is 16.0 Å². The zero-order chi connectivity index (χ0) is 14.5. The van der Waals surface area contributed by atoms with Gasteiger partial charge in [-0.1, -0.05) is 18.2 Å². The number of rotatable bonds is 6. The summed E-state index contributed by atoms with van der Waals surface area (Å²) in [7, 11) is 0. The highest BCUT2D eigenvalue weighted by Crippen LogP contribution is 2.14. The molecule has 2 aromatic heterocycles. The molecule has 0 aliphatic rings. The number of thiophene rings is 1. The van der Waals surface area contributed by atoms with Crippen molar-refractivity contribution in [3.8, 4) is 5.69 Å². The van der Waals surface area contributed by atoms with Gasteiger partial charge in [-0.15, -0.1) is 11.3 Å². The van der Waals surface area contributed by atoms with Crippen molar-refractivity contribution in [3.63, 3.8) is 0 Å². The first-order chi connectivity index (χ1) is 10.3. The molecule has 0 saturated carbocycles. The fourth-order valence-corrected chi connectivity index (χ4v) is 3.11. The van der Waals surface area contributed by atoms with Crippen molar-refractivity contribution in [1.82, 2.24) is 15.1 Å². The summed E-state index contributed by atoms with van der Waals surface area (Å²) < 4.78 is 1.93. The standard InChI is InChI=1S/C17H19N3S/c1-14-8-10-21-17(14)12-18-9-7-15-11-19-20(13-15)16-5-3-2-4-6-16/h2-6,8,10-11,13,18H,7,9,12H2,1H3. The summed E-state index contributed by atoms with van der Waals surface area (Å²) in [5.41, 5.74) is 3.74. The predicted octanol–water partition coefficient (Wildman–Crippen LogP) is 3.57. The molecule has 3 nitrogen and oxygen atoms in total. The molecule has 1 aromatic carbocycles. The zero-order valence-corrected chi connectivity index (χ0v) is 12.9. The smallest absolute Gasteiger partial charge is 0.0645 e. The number of nitrogens with zero attached hydrogens (tertiary/aromatic N) is 2. The van der Waals surface area contributed by atoms with E-state index in [1.807, 2.05) is 40.4 Å². The first-order valence-electron chi connectivity index (χ1n) is 7.15. The monoisotopic (exact) mass is 297 g/mol. The second-order valence-corrected chi connectivity index (χ2v) is 6.08. The van der Waals surface area contributed by atoms with Crippen LogP contribution >= 0.6 is 11.3 Å². The number of para-hydroxylation sites is 1. The minimum Gasteiger partial charge on any atom is -0.312 e. The van der Waals surface area contributed by atoms with Crippen LogP contribution in [0.3, 0.4) is 0 Å². The van der Waals surface area contributed by atoms with Crippen LogP contribution in [-0.4, -0.2) is 16.3 Å². The third-order valence-corrected chi connectivity index (χ3v) is 4.52. The summed E-state index contributed by atoms with van der Waals surface area (Å²) in [6.45, 7) is 4.09. The van der Waals surface area contributed by atoms with E-state index in [0.29, 0.717) is 0 Å². The van der Waals surface area contributed by atoms with Crippen molar-refractivity contribution >= 4 is 11.3 Å². The van der Waals surface area contributed by atoms with Gasteiger partial charge in [0.05, 0.1) is 11.9 Å². The topological polar surface area (TPSA) is 29.9 Å². The first kappa shape index (κ1) is 14.0. The van der Waals surface area contributed by atoms with Crippen LogP contribution in [0.15, 0.2) is 54.2 Å². The maximum absolute atomic E-state index is 4.42. The van der Waals surface area contributed by atoms with Gasteiger partial charge in [0, 0.05) is 17.6 Å². The van der Waals surface area contributed by atoms with E-state index >= 15 is 0 Å². The van der Waals surface area contributed by atoms with Gasteiger partial charge >= 0.3 is 0 Å². The summed E-state index contributed by atoms with van der Waals surface area (Å²) >= 11 is 1.82. The zero-order valence-electron chi connectivity index (χ0n) is 12.1. The number of aryl methyl sites for hydroxylation is 1. The molecule has 2 heterocycles. The second-order valence-electron chi connectivity index (χ2n) is 5.08. The molecule has 4 heteroatoms. The maximum Gasteiger partial charge on any atom is 0.0645 e. The van der Waals surface area contributed by atoms with Gasteiger partial charge in [0.15, 0.2) is 0 Å². The molecular weight excluding hydrogens is 278 g/mol. The summed E-state index contributed by atoms with van der Waals surface area (Å²) in [6, 6.07) is 12.4. The SMILES string of the molecule is Cc1ccsc1CNCCc1cnn(-c2ccccc2)c1. The van der Waals surface area contributed by atoms with Crippen molar-refractivity contribution in [2.24, 2.45) is 0 Å². The van der Waals surface area contributed by atoms with E-state index < -0.39 is 0 Å². The number of nitrogens with one attached hydrogen (secondary N) is 1. The van der Waals surface area contributed by atoms with Gasteiger partial charge < -0.3 is 5.32 Å². The lowest BCUT2D eigenvalue weighted by Crippen LogP contribution is -2.16. The Morgan fingerprint density at radius 3 is 2.81 bits per heavy atom. The molecule has 0 fully saturated rings. The fraction of sp³-hybridized carbons (Fsp3) is 0.235. The van der Waals surface area contributed by atoms with E-state index in [1.165, 1.54) is 16.0 Å². The van der Waals surface area contributed by atoms with Gasteiger partial charge in [0.25, 0.3) is 0 Å². The Morgan fingerprint density at radius 1 is 1.19 bits per heavy atom. The Bertz CT molecular complexity index is 685. The average molecular weight is 297 g/mol. The van der Waals surface area contributed by atoms with E-state index in [0.717, 1.165) is 25.2 Å². The van der Waals surface area contributed by atoms with E-state index in [9.17, 15) is 0 Å². The third-order valence-electron chi connectivity index (χ3n) is 3.50. The van der Waals surface area contributed by atoms with Crippen LogP contribution in [0.25, 0.3) is 5.69 Å². The van der Waals surface area contributed by atoms with E-state index in [4.69, 9.17) is 0 Å². The minimum atomic E-state index is 0.955. The molecule has 0 bridgehead atoms. The molecule has 0 radical (unpaired) electrons. The molecule has 0 unspecified atom stereocenters. The molecule has 0 aliphatic heterocycles. The molecule has 0 saturated heterocycles. The van der Waals surface area contributed by atoms with Gasteiger partial charge in [0.1, 0.15) is 0 Å². The van der Waals surface area contributed by atoms with Crippen molar-refractivity contribution < 1.29 is 0 Å². The van der Waals surface area contributed by atoms with Crippen LogP contribution in [0.2, 0.25) is 0 Å². The van der Waals surface area contributed by atoms with Crippen molar-refractivity contribution in [1.29, 1.82) is 0 Å². The lowest BCUT2D eigenvalue weighted by atomic mass is 10.2. The highest BCUT2D eigenvalue weighted by Gasteiger charge is 2.02. The molecular formula is C17H19N3S. The largest absolute Gasteiger partial charge is 0.312 e. The van der Waals surface area contributed by atoms with Gasteiger partial charge in [-0.2, -0.15) is 5.10 Å². The number of aromatic nitrogens is 2. The van der Waals surface area contributed by atoms with Crippen LogP contribution < -0.4 is 5.32 Å². The molecule has 0 spiro atoms. The number of hydrogen-bond acceptors (Lipinski definition) is 3. The van der Waals surface area contributed by atoms with Crippen molar-refractivity contribution in [2.45, 2.75) is 19.9 Å². The molecule has 3 rings (SSSR count). The first-order valence-corrected chi connectivity index (χ1v) is 8.03. The van der Waals surface area contributed by atoms with E-state index in [2.05, 4.69) is 47.1 Å². The Labute approximate surface area is 129 Å². The molecule has 1 N–H and O–H groups in total. The highest BCUT2D eigenvalue weighted by atomic mass is 32.1. The highest BCUT2D eigenvalue weighted by molar-refractivity contribution is 7.10. The molecule has 3 aromatic rings. The Balaban J connectivity index is 1.50. The van der Waals surface area contributed by atoms with Crippen LogP contribution in [-0.2, 0) is 13.0 Å².